The van der Waals surface area contributed by atoms with Crippen molar-refractivity contribution in [3.63, 3.8) is 0 Å². The van der Waals surface area contributed by atoms with Gasteiger partial charge in [0.1, 0.15) is 5.58 Å². The molecule has 1 aromatic heterocycles. The van der Waals surface area contributed by atoms with Crippen LogP contribution >= 0.6 is 0 Å². The smallest absolute Gasteiger partial charge is 0.270 e. The highest BCUT2D eigenvalue weighted by Crippen LogP contribution is 2.23. The van der Waals surface area contributed by atoms with Gasteiger partial charge in [0.05, 0.1) is 4.92 Å². The molecule has 0 saturated heterocycles. The molecular formula is C12H15NO5. The van der Waals surface area contributed by atoms with Crippen LogP contribution in [0.1, 0.15) is 24.4 Å². The first-order valence-electron chi connectivity index (χ1n) is 5.28. The van der Waals surface area contributed by atoms with Gasteiger partial charge in [0, 0.05) is 24.6 Å². The lowest BCUT2D eigenvalue weighted by Crippen LogP contribution is -1.85. The van der Waals surface area contributed by atoms with Crippen molar-refractivity contribution in [1.82, 2.24) is 0 Å². The monoisotopic (exact) mass is 253 g/mol. The molecule has 0 fully saturated rings. The van der Waals surface area contributed by atoms with E-state index in [4.69, 9.17) is 9.52 Å². The molecule has 0 saturated carbocycles. The minimum atomic E-state index is -0.493. The van der Waals surface area contributed by atoms with Crippen LogP contribution in [0.25, 0.3) is 11.0 Å². The summed E-state index contributed by atoms with van der Waals surface area (Å²) in [6.07, 6.45) is 0.561. The molecule has 2 rings (SSSR count). The van der Waals surface area contributed by atoms with Gasteiger partial charge in [-0.1, -0.05) is 13.8 Å². The van der Waals surface area contributed by atoms with E-state index in [0.29, 0.717) is 17.3 Å². The third-order valence-corrected chi connectivity index (χ3v) is 1.85. The molecule has 1 N–H and O–H groups in total. The lowest BCUT2D eigenvalue weighted by Gasteiger charge is -1.89. The maximum Gasteiger partial charge on any atom is 0.270 e. The normalized spacial score (nSPS) is 8.67. The first kappa shape index (κ1) is 15.8. The quantitative estimate of drug-likeness (QED) is 0.504. The zero-order chi connectivity index (χ0) is 14.1. The van der Waals surface area contributed by atoms with Gasteiger partial charge < -0.3 is 9.52 Å². The van der Waals surface area contributed by atoms with Gasteiger partial charge in [-0.2, -0.15) is 0 Å². The average molecular weight is 253 g/mol. The van der Waals surface area contributed by atoms with Gasteiger partial charge in [-0.3, -0.25) is 14.9 Å². The summed E-state index contributed by atoms with van der Waals surface area (Å²) in [4.78, 5) is 20.3. The number of carbonyl (C=O) groups excluding carboxylic acids is 1. The van der Waals surface area contributed by atoms with Crippen molar-refractivity contribution in [2.24, 2.45) is 0 Å². The third kappa shape index (κ3) is 3.67. The third-order valence-electron chi connectivity index (χ3n) is 1.85. The van der Waals surface area contributed by atoms with Crippen LogP contribution < -0.4 is 0 Å². The topological polar surface area (TPSA) is 93.6 Å². The first-order valence-corrected chi connectivity index (χ1v) is 5.28. The van der Waals surface area contributed by atoms with Crippen LogP contribution in [0.5, 0.6) is 0 Å². The number of nitrogens with zero attached hydrogens (tertiary/aromatic N) is 1. The summed E-state index contributed by atoms with van der Waals surface area (Å²) >= 11 is 0. The van der Waals surface area contributed by atoms with Crippen LogP contribution in [0.15, 0.2) is 28.7 Å². The summed E-state index contributed by atoms with van der Waals surface area (Å²) in [5, 5.41) is 18.0. The number of hydrogen-bond acceptors (Lipinski definition) is 5. The number of nitro benzene ring substituents is 1. The van der Waals surface area contributed by atoms with Gasteiger partial charge in [0.2, 0.25) is 0 Å². The number of aliphatic hydroxyl groups is 1. The van der Waals surface area contributed by atoms with Crippen LogP contribution in [0.3, 0.4) is 0 Å². The summed E-state index contributed by atoms with van der Waals surface area (Å²) in [6, 6.07) is 5.64. The number of non-ortho nitro benzene ring substituents is 1. The zero-order valence-corrected chi connectivity index (χ0v) is 10.4. The number of carbonyl (C=O) groups is 1. The molecular weight excluding hydrogens is 238 g/mol. The fourth-order valence-electron chi connectivity index (χ4n) is 1.22. The summed E-state index contributed by atoms with van der Waals surface area (Å²) < 4.78 is 5.06. The summed E-state index contributed by atoms with van der Waals surface area (Å²) in [7, 11) is 1.00. The molecule has 0 unspecified atom stereocenters. The number of hydrogen-bond donors (Lipinski definition) is 1. The molecule has 0 aliphatic carbocycles. The van der Waals surface area contributed by atoms with Gasteiger partial charge in [-0.25, -0.2) is 0 Å². The maximum atomic E-state index is 10.4. The second-order valence-corrected chi connectivity index (χ2v) is 2.75. The van der Waals surface area contributed by atoms with Gasteiger partial charge in [0.25, 0.3) is 5.69 Å². The Morgan fingerprint density at radius 1 is 1.28 bits per heavy atom. The fourth-order valence-corrected chi connectivity index (χ4v) is 1.22. The minimum Gasteiger partial charge on any atom is -0.453 e. The Kier molecular flexibility index (Phi) is 6.99. The SMILES string of the molecule is CC.CO.O=Cc1cc2cc([N+](=O)[O-])ccc2o1. The Morgan fingerprint density at radius 2 is 1.89 bits per heavy atom. The van der Waals surface area contributed by atoms with Crippen molar-refractivity contribution in [2.75, 3.05) is 7.11 Å². The van der Waals surface area contributed by atoms with Crippen LogP contribution in [-0.4, -0.2) is 23.4 Å². The van der Waals surface area contributed by atoms with Gasteiger partial charge in [-0.05, 0) is 12.1 Å². The van der Waals surface area contributed by atoms with Crippen LogP contribution in [0.2, 0.25) is 0 Å². The Morgan fingerprint density at radius 3 is 2.39 bits per heavy atom. The lowest BCUT2D eigenvalue weighted by molar-refractivity contribution is -0.384. The summed E-state index contributed by atoms with van der Waals surface area (Å²) in [6.45, 7) is 4.00. The van der Waals surface area contributed by atoms with Crippen molar-refractivity contribution in [2.45, 2.75) is 13.8 Å². The van der Waals surface area contributed by atoms with E-state index in [2.05, 4.69) is 0 Å². The molecule has 98 valence electrons. The summed E-state index contributed by atoms with van der Waals surface area (Å²) in [5.41, 5.74) is 0.452. The highest BCUT2D eigenvalue weighted by molar-refractivity contribution is 5.86. The van der Waals surface area contributed by atoms with Gasteiger partial charge in [0.15, 0.2) is 12.0 Å². The lowest BCUT2D eigenvalue weighted by atomic mass is 10.2. The van der Waals surface area contributed by atoms with E-state index in [1.165, 1.54) is 24.3 Å². The Labute approximate surface area is 104 Å². The van der Waals surface area contributed by atoms with Crippen LogP contribution in [0.4, 0.5) is 5.69 Å². The zero-order valence-electron chi connectivity index (χ0n) is 10.4. The van der Waals surface area contributed by atoms with E-state index in [1.54, 1.807) is 0 Å². The molecule has 0 amide bonds. The number of fused-ring (bicyclic) bond motifs is 1. The predicted molar refractivity (Wildman–Crippen MR) is 67.7 cm³/mol. The predicted octanol–water partition coefficient (Wildman–Crippen LogP) is 2.79. The van der Waals surface area contributed by atoms with Crippen molar-refractivity contribution in [3.05, 3.63) is 40.1 Å². The number of benzene rings is 1. The van der Waals surface area contributed by atoms with E-state index in [-0.39, 0.29) is 11.4 Å². The van der Waals surface area contributed by atoms with Crippen molar-refractivity contribution >= 4 is 22.9 Å². The molecule has 6 heteroatoms. The van der Waals surface area contributed by atoms with E-state index >= 15 is 0 Å². The maximum absolute atomic E-state index is 10.4. The first-order chi connectivity index (χ1) is 8.70. The highest BCUT2D eigenvalue weighted by atomic mass is 16.6. The minimum absolute atomic E-state index is 0.0178. The summed E-state index contributed by atoms with van der Waals surface area (Å²) in [5.74, 6) is 0.167. The Bertz CT molecular complexity index is 518. The fraction of sp³-hybridized carbons (Fsp3) is 0.250. The van der Waals surface area contributed by atoms with Crippen molar-refractivity contribution in [1.29, 1.82) is 0 Å². The van der Waals surface area contributed by atoms with E-state index in [9.17, 15) is 14.9 Å². The molecule has 0 bridgehead atoms. The van der Waals surface area contributed by atoms with Crippen LogP contribution in [-0.2, 0) is 0 Å². The van der Waals surface area contributed by atoms with Gasteiger partial charge in [-0.15, -0.1) is 0 Å². The van der Waals surface area contributed by atoms with Crippen molar-refractivity contribution < 1.29 is 19.2 Å². The molecule has 6 nitrogen and oxygen atoms in total. The molecule has 1 heterocycles. The molecule has 18 heavy (non-hydrogen) atoms. The second kappa shape index (κ2) is 7.97. The molecule has 2 aromatic rings. The Balaban J connectivity index is 0.000000659. The molecule has 0 spiro atoms. The average Bonchev–Trinajstić information content (AvgIpc) is 2.85. The van der Waals surface area contributed by atoms with Gasteiger partial charge >= 0.3 is 0 Å². The number of aliphatic hydroxyl groups excluding tert-OH is 1. The van der Waals surface area contributed by atoms with E-state index < -0.39 is 4.92 Å². The van der Waals surface area contributed by atoms with Crippen LogP contribution in [0, 0.1) is 10.1 Å². The molecule has 0 aliphatic rings. The van der Waals surface area contributed by atoms with E-state index in [1.807, 2.05) is 13.8 Å². The molecule has 0 radical (unpaired) electrons. The van der Waals surface area contributed by atoms with Crippen molar-refractivity contribution in [3.8, 4) is 0 Å². The Hall–Kier alpha value is -2.21. The number of aldehydes is 1. The molecule has 0 aliphatic heterocycles. The standard InChI is InChI=1S/C9H5NO4.C2H6.CH4O/c11-5-8-4-6-3-7(10(12)13)1-2-9(6)14-8;2*1-2/h1-5H;1-2H3;2H,1H3. The number of nitro groups is 1. The second-order valence-electron chi connectivity index (χ2n) is 2.75. The molecule has 1 aromatic carbocycles. The number of furan rings is 1. The van der Waals surface area contributed by atoms with E-state index in [0.717, 1.165) is 7.11 Å². The highest BCUT2D eigenvalue weighted by Gasteiger charge is 2.09. The molecule has 0 atom stereocenters. The largest absolute Gasteiger partial charge is 0.453 e. The number of rotatable bonds is 2.